The van der Waals surface area contributed by atoms with Crippen LogP contribution >= 0.6 is 0 Å². The van der Waals surface area contributed by atoms with Crippen molar-refractivity contribution in [2.75, 3.05) is 40.3 Å². The molecule has 6 nitrogen and oxygen atoms in total. The van der Waals surface area contributed by atoms with Crippen LogP contribution in [0.3, 0.4) is 0 Å². The summed E-state index contributed by atoms with van der Waals surface area (Å²) in [7, 11) is 3.52. The van der Waals surface area contributed by atoms with Crippen molar-refractivity contribution in [2.24, 2.45) is 0 Å². The van der Waals surface area contributed by atoms with Gasteiger partial charge in [-0.25, -0.2) is 13.6 Å². The highest BCUT2D eigenvalue weighted by Crippen LogP contribution is 2.36. The van der Waals surface area contributed by atoms with Crippen LogP contribution in [-0.4, -0.2) is 95.9 Å². The van der Waals surface area contributed by atoms with Crippen molar-refractivity contribution in [3.05, 3.63) is 59.7 Å². The average Bonchev–Trinajstić information content (AvgIpc) is 3.66. The van der Waals surface area contributed by atoms with Crippen LogP contribution in [0.25, 0.3) is 11.1 Å². The van der Waals surface area contributed by atoms with Crippen LogP contribution in [0.5, 0.6) is 0 Å². The number of urea groups is 1. The fourth-order valence-electron chi connectivity index (χ4n) is 6.44. The number of likely N-dealkylation sites (N-methyl/N-ethyl adjacent to an activating group) is 2. The summed E-state index contributed by atoms with van der Waals surface area (Å²) in [5.41, 5.74) is 1.07. The second kappa shape index (κ2) is 11.8. The van der Waals surface area contributed by atoms with Gasteiger partial charge in [-0.1, -0.05) is 24.3 Å². The van der Waals surface area contributed by atoms with Gasteiger partial charge in [0.15, 0.2) is 0 Å². The summed E-state index contributed by atoms with van der Waals surface area (Å²) < 4.78 is 65.7. The van der Waals surface area contributed by atoms with Crippen molar-refractivity contribution in [3.8, 4) is 11.1 Å². The molecule has 1 aliphatic carbocycles. The van der Waals surface area contributed by atoms with E-state index in [1.807, 2.05) is 0 Å². The van der Waals surface area contributed by atoms with E-state index in [4.69, 9.17) is 0 Å². The predicted molar refractivity (Wildman–Crippen MR) is 149 cm³/mol. The lowest BCUT2D eigenvalue weighted by molar-refractivity contribution is -0.137. The summed E-state index contributed by atoms with van der Waals surface area (Å²) in [6, 6.07) is 11.6. The first-order valence-corrected chi connectivity index (χ1v) is 14.5. The zero-order chi connectivity index (χ0) is 30.2. The SMILES string of the molecule is CN(C(=O)N1CC[C@H](N(C)C(=O)c2ccc(-c3ccc(C(F)(F)F)cc3)cc2)C1)C1CCN(C2CCC(F)(F)CC2)C1. The lowest BCUT2D eigenvalue weighted by atomic mass is 9.91. The molecule has 2 saturated heterocycles. The number of carbonyl (C=O) groups excluding carboxylic acids is 2. The molecule has 0 N–H and O–H groups in total. The molecule has 2 atom stereocenters. The Hall–Kier alpha value is -3.21. The molecular weight excluding hydrogens is 555 g/mol. The predicted octanol–water partition coefficient (Wildman–Crippen LogP) is 6.22. The molecule has 3 aliphatic rings. The number of nitrogens with zero attached hydrogens (tertiary/aromatic N) is 4. The Bertz CT molecular complexity index is 1260. The number of rotatable bonds is 5. The van der Waals surface area contributed by atoms with Gasteiger partial charge < -0.3 is 14.7 Å². The van der Waals surface area contributed by atoms with Gasteiger partial charge in [-0.05, 0) is 61.1 Å². The summed E-state index contributed by atoms with van der Waals surface area (Å²) in [5.74, 6) is -2.74. The molecule has 0 aromatic heterocycles. The number of hydrogen-bond acceptors (Lipinski definition) is 3. The first-order chi connectivity index (χ1) is 19.8. The van der Waals surface area contributed by atoms with Gasteiger partial charge in [0.05, 0.1) is 11.6 Å². The number of benzene rings is 2. The Morgan fingerprint density at radius 3 is 1.93 bits per heavy atom. The first-order valence-electron chi connectivity index (χ1n) is 14.5. The summed E-state index contributed by atoms with van der Waals surface area (Å²) in [5, 5.41) is 0. The molecule has 228 valence electrons. The Balaban J connectivity index is 1.13. The molecule has 3 fully saturated rings. The van der Waals surface area contributed by atoms with Crippen LogP contribution in [0.1, 0.15) is 54.4 Å². The number of likely N-dealkylation sites (tertiary alicyclic amines) is 2. The van der Waals surface area contributed by atoms with Crippen LogP contribution < -0.4 is 0 Å². The van der Waals surface area contributed by atoms with Gasteiger partial charge >= 0.3 is 12.2 Å². The van der Waals surface area contributed by atoms with E-state index >= 15 is 0 Å². The maximum absolute atomic E-state index is 13.6. The van der Waals surface area contributed by atoms with Crippen LogP contribution in [0, 0.1) is 0 Å². The summed E-state index contributed by atoms with van der Waals surface area (Å²) >= 11 is 0. The van der Waals surface area contributed by atoms with Crippen LogP contribution in [-0.2, 0) is 6.18 Å². The Morgan fingerprint density at radius 1 is 0.786 bits per heavy atom. The average molecular weight is 593 g/mol. The van der Waals surface area contributed by atoms with Gasteiger partial charge in [0, 0.05) is 70.8 Å². The minimum atomic E-state index is -4.40. The van der Waals surface area contributed by atoms with Crippen molar-refractivity contribution >= 4 is 11.9 Å². The van der Waals surface area contributed by atoms with Crippen molar-refractivity contribution in [2.45, 2.75) is 68.7 Å². The molecule has 5 rings (SSSR count). The topological polar surface area (TPSA) is 47.1 Å². The molecule has 42 heavy (non-hydrogen) atoms. The Labute approximate surface area is 243 Å². The molecule has 2 aliphatic heterocycles. The molecule has 3 amide bonds. The third-order valence-electron chi connectivity index (χ3n) is 9.23. The van der Waals surface area contributed by atoms with E-state index in [-0.39, 0.29) is 42.9 Å². The van der Waals surface area contributed by atoms with E-state index in [0.29, 0.717) is 55.6 Å². The van der Waals surface area contributed by atoms with Gasteiger partial charge in [0.25, 0.3) is 5.91 Å². The zero-order valence-electron chi connectivity index (χ0n) is 23.9. The normalized spacial score (nSPS) is 23.3. The monoisotopic (exact) mass is 592 g/mol. The second-order valence-corrected chi connectivity index (χ2v) is 11.9. The molecule has 0 bridgehead atoms. The lowest BCUT2D eigenvalue weighted by Crippen LogP contribution is -2.48. The zero-order valence-corrected chi connectivity index (χ0v) is 23.9. The number of alkyl halides is 5. The lowest BCUT2D eigenvalue weighted by Gasteiger charge is -2.35. The molecular formula is C31H37F5N4O2. The molecule has 2 aromatic carbocycles. The van der Waals surface area contributed by atoms with Gasteiger partial charge in [-0.15, -0.1) is 0 Å². The van der Waals surface area contributed by atoms with Crippen LogP contribution in [0.2, 0.25) is 0 Å². The van der Waals surface area contributed by atoms with E-state index in [2.05, 4.69) is 4.90 Å². The largest absolute Gasteiger partial charge is 0.416 e. The third-order valence-corrected chi connectivity index (χ3v) is 9.23. The van der Waals surface area contributed by atoms with Crippen molar-refractivity contribution in [1.82, 2.24) is 19.6 Å². The summed E-state index contributed by atoms with van der Waals surface area (Å²) in [6.07, 6.45) is -2.10. The van der Waals surface area contributed by atoms with E-state index in [0.717, 1.165) is 25.1 Å². The molecule has 11 heteroatoms. The smallest absolute Gasteiger partial charge is 0.337 e. The molecule has 0 radical (unpaired) electrons. The van der Waals surface area contributed by atoms with Crippen molar-refractivity contribution in [1.29, 1.82) is 0 Å². The van der Waals surface area contributed by atoms with Gasteiger partial charge in [0.1, 0.15) is 0 Å². The fourth-order valence-corrected chi connectivity index (χ4v) is 6.44. The first kappa shape index (κ1) is 30.3. The van der Waals surface area contributed by atoms with Gasteiger partial charge in [-0.3, -0.25) is 9.69 Å². The van der Waals surface area contributed by atoms with Gasteiger partial charge in [0.2, 0.25) is 5.92 Å². The number of hydrogen-bond donors (Lipinski definition) is 0. The Kier molecular flexibility index (Phi) is 8.51. The standard InChI is InChI=1S/C31H37F5N4O2/c1-37(28(41)23-5-3-21(4-6-23)22-7-9-24(10-8-22)31(34,35)36)26-14-18-40(20-26)29(42)38(2)27-13-17-39(19-27)25-11-15-30(32,33)16-12-25/h3-10,25-27H,11-20H2,1-2H3/t26-,27?/m0/s1. The number of halogens is 5. The highest BCUT2D eigenvalue weighted by atomic mass is 19.4. The highest BCUT2D eigenvalue weighted by Gasteiger charge is 2.41. The van der Waals surface area contributed by atoms with E-state index < -0.39 is 17.7 Å². The van der Waals surface area contributed by atoms with Crippen LogP contribution in [0.4, 0.5) is 26.7 Å². The molecule has 1 unspecified atom stereocenters. The highest BCUT2D eigenvalue weighted by molar-refractivity contribution is 5.95. The Morgan fingerprint density at radius 2 is 1.33 bits per heavy atom. The molecule has 1 saturated carbocycles. The molecule has 0 spiro atoms. The third kappa shape index (κ3) is 6.55. The summed E-state index contributed by atoms with van der Waals surface area (Å²) in [4.78, 5) is 34.0. The van der Waals surface area contributed by atoms with E-state index in [1.165, 1.54) is 12.1 Å². The minimum absolute atomic E-state index is 0.0292. The minimum Gasteiger partial charge on any atom is -0.337 e. The van der Waals surface area contributed by atoms with Gasteiger partial charge in [-0.2, -0.15) is 13.2 Å². The number of carbonyl (C=O) groups is 2. The molecule has 2 aromatic rings. The summed E-state index contributed by atoms with van der Waals surface area (Å²) in [6.45, 7) is 2.45. The maximum Gasteiger partial charge on any atom is 0.416 e. The van der Waals surface area contributed by atoms with Crippen LogP contribution in [0.15, 0.2) is 48.5 Å². The number of amides is 3. The van der Waals surface area contributed by atoms with E-state index in [1.54, 1.807) is 53.1 Å². The maximum atomic E-state index is 13.6. The quantitative estimate of drug-likeness (QED) is 0.388. The van der Waals surface area contributed by atoms with Crippen molar-refractivity contribution in [3.63, 3.8) is 0 Å². The fraction of sp³-hybridized carbons (Fsp3) is 0.548. The second-order valence-electron chi connectivity index (χ2n) is 11.9. The van der Waals surface area contributed by atoms with E-state index in [9.17, 15) is 31.5 Å². The van der Waals surface area contributed by atoms with Crippen molar-refractivity contribution < 1.29 is 31.5 Å². The molecule has 2 heterocycles.